The maximum absolute atomic E-state index is 13.6. The van der Waals surface area contributed by atoms with E-state index in [4.69, 9.17) is 14.2 Å². The lowest BCUT2D eigenvalue weighted by atomic mass is 9.95. The molecule has 52 heavy (non-hydrogen) atoms. The van der Waals surface area contributed by atoms with Crippen LogP contribution in [0.1, 0.15) is 97.3 Å². The zero-order valence-electron chi connectivity index (χ0n) is 32.0. The molecule has 2 unspecified atom stereocenters. The average Bonchev–Trinajstić information content (AvgIpc) is 3.05. The van der Waals surface area contributed by atoms with Crippen LogP contribution in [0.4, 0.5) is 4.79 Å². The molecule has 0 bridgehead atoms. The molecule has 1 saturated heterocycles. The predicted molar refractivity (Wildman–Crippen MR) is 196 cm³/mol. The van der Waals surface area contributed by atoms with Crippen molar-refractivity contribution in [1.82, 2.24) is 25.8 Å². The van der Waals surface area contributed by atoms with Gasteiger partial charge >= 0.3 is 12.1 Å². The molecule has 2 aromatic rings. The molecule has 3 rings (SSSR count). The Bertz CT molecular complexity index is 1520. The Morgan fingerprint density at radius 3 is 2.35 bits per heavy atom. The van der Waals surface area contributed by atoms with Gasteiger partial charge in [0.15, 0.2) is 0 Å². The number of likely N-dealkylation sites (tertiary alicyclic amines) is 1. The number of nitrogens with one attached hydrogen (secondary N) is 3. The van der Waals surface area contributed by atoms with Crippen LogP contribution in [0, 0.1) is 12.8 Å². The number of hydrogen-bond donors (Lipinski definition) is 3. The molecule has 1 fully saturated rings. The summed E-state index contributed by atoms with van der Waals surface area (Å²) in [6, 6.07) is 7.18. The van der Waals surface area contributed by atoms with Crippen LogP contribution in [0.15, 0.2) is 42.7 Å². The summed E-state index contributed by atoms with van der Waals surface area (Å²) in [6.07, 6.45) is 6.08. The van der Waals surface area contributed by atoms with Gasteiger partial charge in [-0.25, -0.2) is 4.79 Å². The predicted octanol–water partition coefficient (Wildman–Crippen LogP) is 4.78. The molecule has 0 saturated carbocycles. The fourth-order valence-electron chi connectivity index (χ4n) is 5.77. The summed E-state index contributed by atoms with van der Waals surface area (Å²) in [6.45, 7) is 15.9. The van der Waals surface area contributed by atoms with Crippen molar-refractivity contribution in [3.05, 3.63) is 59.4 Å². The van der Waals surface area contributed by atoms with Gasteiger partial charge in [-0.1, -0.05) is 12.1 Å². The van der Waals surface area contributed by atoms with Gasteiger partial charge in [0.05, 0.1) is 13.0 Å². The van der Waals surface area contributed by atoms with E-state index in [9.17, 15) is 24.0 Å². The number of aryl methyl sites for hydroxylation is 2. The molecule has 0 radical (unpaired) electrons. The van der Waals surface area contributed by atoms with Gasteiger partial charge in [0.25, 0.3) is 0 Å². The molecule has 4 amide bonds. The van der Waals surface area contributed by atoms with E-state index in [2.05, 4.69) is 20.9 Å². The van der Waals surface area contributed by atoms with Crippen molar-refractivity contribution in [2.24, 2.45) is 5.92 Å². The monoisotopic (exact) mass is 723 g/mol. The largest absolute Gasteiger partial charge is 0.494 e. The topological polar surface area (TPSA) is 165 Å². The van der Waals surface area contributed by atoms with Gasteiger partial charge in [-0.15, -0.1) is 0 Å². The Kier molecular flexibility index (Phi) is 15.4. The highest BCUT2D eigenvalue weighted by Gasteiger charge is 2.30. The summed E-state index contributed by atoms with van der Waals surface area (Å²) in [5, 5.41) is 8.21. The van der Waals surface area contributed by atoms with Crippen molar-refractivity contribution >= 4 is 29.8 Å². The fraction of sp³-hybridized carbons (Fsp3) is 0.590. The van der Waals surface area contributed by atoms with Crippen LogP contribution in [0.5, 0.6) is 5.75 Å². The highest BCUT2D eigenvalue weighted by Crippen LogP contribution is 2.23. The van der Waals surface area contributed by atoms with Crippen LogP contribution >= 0.6 is 0 Å². The molecule has 1 aliphatic rings. The van der Waals surface area contributed by atoms with E-state index < -0.39 is 53.4 Å². The maximum Gasteiger partial charge on any atom is 0.410 e. The molecule has 0 aliphatic carbocycles. The van der Waals surface area contributed by atoms with Gasteiger partial charge in [0.2, 0.25) is 17.7 Å². The molecule has 13 nitrogen and oxygen atoms in total. The molecule has 286 valence electrons. The lowest BCUT2D eigenvalue weighted by molar-refractivity contribution is -0.156. The zero-order valence-corrected chi connectivity index (χ0v) is 32.0. The number of piperidine rings is 1. The Hall–Kier alpha value is -4.68. The third-order valence-electron chi connectivity index (χ3n) is 8.30. The van der Waals surface area contributed by atoms with Crippen LogP contribution in [0.25, 0.3) is 0 Å². The number of hydrogen-bond acceptors (Lipinski definition) is 9. The van der Waals surface area contributed by atoms with Crippen molar-refractivity contribution < 1.29 is 38.2 Å². The normalized spacial score (nSPS) is 15.8. The molecule has 3 atom stereocenters. The first-order valence-corrected chi connectivity index (χ1v) is 18.0. The molecular weight excluding hydrogens is 666 g/mol. The van der Waals surface area contributed by atoms with E-state index in [0.717, 1.165) is 36.0 Å². The first-order valence-electron chi connectivity index (χ1n) is 18.0. The number of esters is 1. The van der Waals surface area contributed by atoms with Gasteiger partial charge in [0, 0.05) is 39.0 Å². The first-order chi connectivity index (χ1) is 24.4. The lowest BCUT2D eigenvalue weighted by Gasteiger charge is -2.34. The highest BCUT2D eigenvalue weighted by atomic mass is 16.6. The fourth-order valence-corrected chi connectivity index (χ4v) is 5.77. The smallest absolute Gasteiger partial charge is 0.410 e. The van der Waals surface area contributed by atoms with Crippen molar-refractivity contribution in [2.45, 2.75) is 124 Å². The quantitative estimate of drug-likeness (QED) is 0.220. The summed E-state index contributed by atoms with van der Waals surface area (Å²) in [4.78, 5) is 70.0. The molecule has 2 heterocycles. The number of nitrogens with zero attached hydrogens (tertiary/aromatic N) is 2. The molecule has 1 aromatic heterocycles. The number of carbonyl (C=O) groups is 5. The number of aromatic nitrogens is 1. The standard InChI is InChI=1S/C39H57N5O8/c1-26-13-15-31(50-20-17-29-12-10-19-44(25-29)37(49)52-39(6,7)8)21-30(26)24-41-35(47)32(16-14-28-11-9-18-40-23-28)43-36(48)33(42-27(2)45)22-34(46)51-38(3,4)5/h9,11,13,15,18,21,23,29,32-33H,10,12,14,16-17,19-20,22,24-25H2,1-8H3,(H,41,47)(H,42,45)(H,43,48)/t29?,32?,33-/m0/s1. The van der Waals surface area contributed by atoms with Crippen molar-refractivity contribution in [3.8, 4) is 5.75 Å². The second kappa shape index (κ2) is 19.2. The number of ether oxygens (including phenoxy) is 3. The second-order valence-electron chi connectivity index (χ2n) is 15.4. The molecule has 1 aromatic carbocycles. The third-order valence-corrected chi connectivity index (χ3v) is 8.30. The van der Waals surface area contributed by atoms with E-state index in [1.807, 2.05) is 52.0 Å². The molecule has 0 spiro atoms. The summed E-state index contributed by atoms with van der Waals surface area (Å²) < 4.78 is 17.0. The third kappa shape index (κ3) is 15.3. The van der Waals surface area contributed by atoms with Crippen molar-refractivity contribution in [1.29, 1.82) is 0 Å². The summed E-state index contributed by atoms with van der Waals surface area (Å²) in [5.74, 6) is -1.29. The Balaban J connectivity index is 1.63. The SMILES string of the molecule is CC(=O)N[C@@H](CC(=O)OC(C)(C)C)C(=O)NC(CCc1cccnc1)C(=O)NCc1cc(OCCC2CCCN(C(=O)OC(C)(C)C)C2)ccc1C. The van der Waals surface area contributed by atoms with Crippen LogP contribution in [0.3, 0.4) is 0 Å². The van der Waals surface area contributed by atoms with Gasteiger partial charge in [-0.2, -0.15) is 0 Å². The number of amides is 4. The Labute approximate surface area is 307 Å². The summed E-state index contributed by atoms with van der Waals surface area (Å²) in [5.41, 5.74) is 1.37. The Morgan fingerprint density at radius 1 is 0.962 bits per heavy atom. The number of carbonyl (C=O) groups excluding carboxylic acids is 5. The minimum Gasteiger partial charge on any atom is -0.494 e. The average molecular weight is 724 g/mol. The Morgan fingerprint density at radius 2 is 1.69 bits per heavy atom. The number of benzene rings is 1. The van der Waals surface area contributed by atoms with E-state index in [1.165, 1.54) is 6.92 Å². The van der Waals surface area contributed by atoms with Gasteiger partial charge in [0.1, 0.15) is 29.0 Å². The number of rotatable bonds is 15. The van der Waals surface area contributed by atoms with E-state index in [-0.39, 0.29) is 19.1 Å². The van der Waals surface area contributed by atoms with Gasteiger partial charge in [-0.3, -0.25) is 24.2 Å². The highest BCUT2D eigenvalue weighted by molar-refractivity contribution is 5.94. The molecule has 1 aliphatic heterocycles. The second-order valence-corrected chi connectivity index (χ2v) is 15.4. The van der Waals surface area contributed by atoms with E-state index >= 15 is 0 Å². The first kappa shape index (κ1) is 41.7. The van der Waals surface area contributed by atoms with Crippen LogP contribution in [-0.2, 0) is 41.6 Å². The minimum atomic E-state index is -1.23. The van der Waals surface area contributed by atoms with Crippen LogP contribution < -0.4 is 20.7 Å². The zero-order chi connectivity index (χ0) is 38.5. The molecular formula is C39H57N5O8. The molecule has 3 N–H and O–H groups in total. The van der Waals surface area contributed by atoms with Gasteiger partial charge in [-0.05, 0) is 121 Å². The summed E-state index contributed by atoms with van der Waals surface area (Å²) >= 11 is 0. The van der Waals surface area contributed by atoms with Crippen molar-refractivity contribution in [3.63, 3.8) is 0 Å². The van der Waals surface area contributed by atoms with Crippen LogP contribution in [0.2, 0.25) is 0 Å². The maximum atomic E-state index is 13.6. The number of pyridine rings is 1. The summed E-state index contributed by atoms with van der Waals surface area (Å²) in [7, 11) is 0. The van der Waals surface area contributed by atoms with Crippen molar-refractivity contribution in [2.75, 3.05) is 19.7 Å². The lowest BCUT2D eigenvalue weighted by Crippen LogP contribution is -2.54. The van der Waals surface area contributed by atoms with Gasteiger partial charge < -0.3 is 35.1 Å². The van der Waals surface area contributed by atoms with Crippen LogP contribution in [-0.4, -0.2) is 82.7 Å². The van der Waals surface area contributed by atoms with E-state index in [1.54, 1.807) is 44.1 Å². The minimum absolute atomic E-state index is 0.182. The van der Waals surface area contributed by atoms with E-state index in [0.29, 0.717) is 37.8 Å². The molecule has 13 heteroatoms.